The van der Waals surface area contributed by atoms with Crippen LogP contribution in [0.5, 0.6) is 0 Å². The minimum absolute atomic E-state index is 0.206. The van der Waals surface area contributed by atoms with E-state index in [0.29, 0.717) is 12.1 Å². The molecule has 0 unspecified atom stereocenters. The number of hydrogen-bond acceptors (Lipinski definition) is 4. The average Bonchev–Trinajstić information content (AvgIpc) is 3.39. The highest BCUT2D eigenvalue weighted by Gasteiger charge is 2.45. The Labute approximate surface area is 173 Å². The average molecular weight is 431 g/mol. The van der Waals surface area contributed by atoms with Gasteiger partial charge in [0.15, 0.2) is 0 Å². The van der Waals surface area contributed by atoms with Gasteiger partial charge in [0.1, 0.15) is 5.69 Å². The Morgan fingerprint density at radius 3 is 2.33 bits per heavy atom. The first-order valence-corrected chi connectivity index (χ1v) is 10.2. The van der Waals surface area contributed by atoms with Crippen LogP contribution in [0.15, 0.2) is 18.3 Å². The predicted molar refractivity (Wildman–Crippen MR) is 102 cm³/mol. The number of aryl methyl sites for hydroxylation is 1. The molecule has 1 N–H and O–H groups in total. The van der Waals surface area contributed by atoms with Crippen LogP contribution >= 0.6 is 0 Å². The van der Waals surface area contributed by atoms with Crippen molar-refractivity contribution in [2.75, 3.05) is 32.8 Å². The van der Waals surface area contributed by atoms with E-state index in [0.717, 1.165) is 50.8 Å². The summed E-state index contributed by atoms with van der Waals surface area (Å²) in [5, 5.41) is 7.12. The second-order valence-corrected chi connectivity index (χ2v) is 8.07. The lowest BCUT2D eigenvalue weighted by atomic mass is 9.99. The maximum absolute atomic E-state index is 12.8. The van der Waals surface area contributed by atoms with Gasteiger partial charge in [0, 0.05) is 58.2 Å². The number of halogens is 3. The van der Waals surface area contributed by atoms with E-state index >= 15 is 0 Å². The van der Waals surface area contributed by atoms with Crippen LogP contribution in [0.2, 0.25) is 0 Å². The molecule has 1 aromatic heterocycles. The van der Waals surface area contributed by atoms with E-state index in [1.807, 2.05) is 29.9 Å². The number of carbonyl (C=O) groups is 2. The molecule has 3 saturated heterocycles. The molecule has 0 aliphatic carbocycles. The molecule has 3 fully saturated rings. The van der Waals surface area contributed by atoms with Crippen LogP contribution in [0, 0.1) is 5.92 Å². The topological polar surface area (TPSA) is 75.0 Å². The summed E-state index contributed by atoms with van der Waals surface area (Å²) in [6.45, 7) is 5.08. The molecule has 3 aliphatic heterocycles. The van der Waals surface area contributed by atoms with Crippen LogP contribution in [0.4, 0.5) is 13.2 Å². The highest BCUT2D eigenvalue weighted by molar-refractivity contribution is 5.93. The molecule has 0 spiro atoms. The molecule has 30 heavy (non-hydrogen) atoms. The van der Waals surface area contributed by atoms with Gasteiger partial charge in [0.05, 0.1) is 0 Å². The predicted octanol–water partition coefficient (Wildman–Crippen LogP) is 2.37. The Morgan fingerprint density at radius 2 is 1.77 bits per heavy atom. The molecule has 2 atom stereocenters. The molecule has 1 amide bonds. The summed E-state index contributed by atoms with van der Waals surface area (Å²) < 4.78 is 39.1. The minimum atomic E-state index is -5.08. The number of alkyl halides is 3. The number of aromatic nitrogens is 1. The molecule has 10 heteroatoms. The molecular formula is C20H28F3N3O4. The van der Waals surface area contributed by atoms with Crippen LogP contribution in [-0.4, -0.2) is 82.5 Å². The summed E-state index contributed by atoms with van der Waals surface area (Å²) in [7, 11) is 1.95. The maximum Gasteiger partial charge on any atom is 0.490 e. The molecule has 0 bridgehead atoms. The summed E-state index contributed by atoms with van der Waals surface area (Å²) >= 11 is 0. The van der Waals surface area contributed by atoms with Gasteiger partial charge in [-0.05, 0) is 43.7 Å². The fourth-order valence-electron chi connectivity index (χ4n) is 4.65. The van der Waals surface area contributed by atoms with Gasteiger partial charge in [-0.15, -0.1) is 0 Å². The van der Waals surface area contributed by atoms with E-state index in [4.69, 9.17) is 14.6 Å². The number of nitrogens with zero attached hydrogens (tertiary/aromatic N) is 3. The van der Waals surface area contributed by atoms with E-state index in [9.17, 15) is 18.0 Å². The van der Waals surface area contributed by atoms with Gasteiger partial charge in [-0.2, -0.15) is 13.2 Å². The van der Waals surface area contributed by atoms with Crippen molar-refractivity contribution in [1.82, 2.24) is 14.4 Å². The van der Waals surface area contributed by atoms with Gasteiger partial charge in [-0.1, -0.05) is 0 Å². The standard InChI is InChI=1S/C18H27N3O2.C2HF3O2/c1-19-8-2-3-17(19)18(22)21-10-5-15-16(21)4-9-20(15)13-14-6-11-23-12-7-14;3-2(4,5)1(6)7/h2-3,8,14-16H,4-7,9-13H2,1H3;(H,6,7)/t15-,16+;/m0./s1. The third-order valence-corrected chi connectivity index (χ3v) is 6.19. The zero-order chi connectivity index (χ0) is 21.9. The molecule has 1 aromatic rings. The highest BCUT2D eigenvalue weighted by atomic mass is 19.4. The fourth-order valence-corrected chi connectivity index (χ4v) is 4.65. The maximum atomic E-state index is 12.8. The van der Waals surface area contributed by atoms with Crippen LogP contribution < -0.4 is 0 Å². The van der Waals surface area contributed by atoms with E-state index in [1.165, 1.54) is 19.4 Å². The molecule has 0 radical (unpaired) electrons. The molecule has 3 aliphatic rings. The van der Waals surface area contributed by atoms with Crippen molar-refractivity contribution in [3.8, 4) is 0 Å². The van der Waals surface area contributed by atoms with Crippen molar-refractivity contribution in [1.29, 1.82) is 0 Å². The molecule has 4 rings (SSSR count). The lowest BCUT2D eigenvalue weighted by Gasteiger charge is -2.30. The number of amides is 1. The Bertz CT molecular complexity index is 746. The second kappa shape index (κ2) is 9.38. The van der Waals surface area contributed by atoms with Gasteiger partial charge in [0.2, 0.25) is 0 Å². The Kier molecular flexibility index (Phi) is 7.07. The first-order chi connectivity index (χ1) is 14.2. The molecule has 0 aromatic carbocycles. The summed E-state index contributed by atoms with van der Waals surface area (Å²) in [4.78, 5) is 26.5. The first kappa shape index (κ1) is 22.6. The molecule has 4 heterocycles. The number of rotatable bonds is 3. The van der Waals surface area contributed by atoms with E-state index in [2.05, 4.69) is 9.80 Å². The molecule has 7 nitrogen and oxygen atoms in total. The van der Waals surface area contributed by atoms with Gasteiger partial charge in [-0.25, -0.2) is 4.79 Å². The smallest absolute Gasteiger partial charge is 0.475 e. The zero-order valence-electron chi connectivity index (χ0n) is 17.0. The van der Waals surface area contributed by atoms with Crippen molar-refractivity contribution in [3.63, 3.8) is 0 Å². The fraction of sp³-hybridized carbons (Fsp3) is 0.700. The second-order valence-electron chi connectivity index (χ2n) is 8.07. The summed E-state index contributed by atoms with van der Waals surface area (Å²) in [5.41, 5.74) is 0.813. The Hall–Kier alpha value is -2.07. The summed E-state index contributed by atoms with van der Waals surface area (Å²) in [6.07, 6.45) is 1.51. The summed E-state index contributed by atoms with van der Waals surface area (Å²) in [5.74, 6) is -1.77. The highest BCUT2D eigenvalue weighted by Crippen LogP contribution is 2.34. The third kappa shape index (κ3) is 5.15. The number of aliphatic carboxylic acids is 1. The quantitative estimate of drug-likeness (QED) is 0.796. The molecular weight excluding hydrogens is 403 g/mol. The van der Waals surface area contributed by atoms with Crippen molar-refractivity contribution >= 4 is 11.9 Å². The normalized spacial score (nSPS) is 25.0. The van der Waals surface area contributed by atoms with Gasteiger partial charge in [-0.3, -0.25) is 9.69 Å². The lowest BCUT2D eigenvalue weighted by Crippen LogP contribution is -2.41. The van der Waals surface area contributed by atoms with Crippen molar-refractivity contribution in [3.05, 3.63) is 24.0 Å². The first-order valence-electron chi connectivity index (χ1n) is 10.2. The van der Waals surface area contributed by atoms with Crippen LogP contribution in [-0.2, 0) is 16.6 Å². The van der Waals surface area contributed by atoms with Crippen LogP contribution in [0.3, 0.4) is 0 Å². The Morgan fingerprint density at radius 1 is 1.13 bits per heavy atom. The summed E-state index contributed by atoms with van der Waals surface area (Å²) in [6, 6.07) is 4.87. The Balaban J connectivity index is 0.000000318. The number of likely N-dealkylation sites (tertiary alicyclic amines) is 2. The number of carbonyl (C=O) groups excluding carboxylic acids is 1. The van der Waals surface area contributed by atoms with Crippen molar-refractivity contribution in [2.24, 2.45) is 13.0 Å². The molecule has 0 saturated carbocycles. The minimum Gasteiger partial charge on any atom is -0.475 e. The van der Waals surface area contributed by atoms with E-state index in [-0.39, 0.29) is 5.91 Å². The number of hydrogen-bond donors (Lipinski definition) is 1. The van der Waals surface area contributed by atoms with Crippen LogP contribution in [0.25, 0.3) is 0 Å². The van der Waals surface area contributed by atoms with Gasteiger partial charge >= 0.3 is 12.1 Å². The van der Waals surface area contributed by atoms with Crippen molar-refractivity contribution < 1.29 is 32.6 Å². The monoisotopic (exact) mass is 431 g/mol. The number of carboxylic acids is 1. The zero-order valence-corrected chi connectivity index (χ0v) is 17.0. The van der Waals surface area contributed by atoms with Crippen molar-refractivity contribution in [2.45, 2.75) is 43.9 Å². The third-order valence-electron chi connectivity index (χ3n) is 6.19. The van der Waals surface area contributed by atoms with Gasteiger partial charge < -0.3 is 19.3 Å². The number of ether oxygens (including phenoxy) is 1. The number of carboxylic acid groups (broad SMARTS) is 1. The lowest BCUT2D eigenvalue weighted by molar-refractivity contribution is -0.192. The SMILES string of the molecule is Cn1cccc1C(=O)N1CC[C@H]2[C@H]1CCN2CC1CCOCC1.O=C(O)C(F)(F)F. The number of fused-ring (bicyclic) bond motifs is 1. The van der Waals surface area contributed by atoms with Gasteiger partial charge in [0.25, 0.3) is 5.91 Å². The van der Waals surface area contributed by atoms with E-state index < -0.39 is 12.1 Å². The molecule has 168 valence electrons. The largest absolute Gasteiger partial charge is 0.490 e. The van der Waals surface area contributed by atoms with Crippen LogP contribution in [0.1, 0.15) is 36.2 Å². The van der Waals surface area contributed by atoms with E-state index in [1.54, 1.807) is 0 Å².